The van der Waals surface area contributed by atoms with Crippen LogP contribution >= 0.6 is 0 Å². The van der Waals surface area contributed by atoms with Crippen molar-refractivity contribution in [1.82, 2.24) is 4.90 Å². The van der Waals surface area contributed by atoms with Crippen LogP contribution in [0.25, 0.3) is 0 Å². The summed E-state index contributed by atoms with van der Waals surface area (Å²) in [5.41, 5.74) is 6.30. The Balaban J connectivity index is 2.44. The second-order valence-corrected chi connectivity index (χ2v) is 4.36. The highest BCUT2D eigenvalue weighted by molar-refractivity contribution is 5.95. The standard InChI is InChI=1S/C13H20FN3O2/c1-17(6-3-7-19-2)9-13(18)16-12-8-10(14)4-5-11(12)15/h4-5,8H,3,6-7,9,15H2,1-2H3,(H,16,18). The molecule has 0 atom stereocenters. The van der Waals surface area contributed by atoms with Gasteiger partial charge < -0.3 is 15.8 Å². The van der Waals surface area contributed by atoms with Crippen molar-refractivity contribution in [3.63, 3.8) is 0 Å². The highest BCUT2D eigenvalue weighted by Crippen LogP contribution is 2.18. The monoisotopic (exact) mass is 269 g/mol. The number of nitrogens with two attached hydrogens (primary N) is 1. The number of methoxy groups -OCH3 is 1. The summed E-state index contributed by atoms with van der Waals surface area (Å²) in [5.74, 6) is -0.657. The highest BCUT2D eigenvalue weighted by atomic mass is 19.1. The molecule has 0 spiro atoms. The van der Waals surface area contributed by atoms with E-state index in [1.807, 2.05) is 11.9 Å². The minimum Gasteiger partial charge on any atom is -0.397 e. The quantitative estimate of drug-likeness (QED) is 0.578. The fourth-order valence-corrected chi connectivity index (χ4v) is 1.63. The van der Waals surface area contributed by atoms with Crippen LogP contribution < -0.4 is 11.1 Å². The van der Waals surface area contributed by atoms with Gasteiger partial charge in [-0.3, -0.25) is 9.69 Å². The van der Waals surface area contributed by atoms with Gasteiger partial charge in [0.1, 0.15) is 5.82 Å². The normalized spacial score (nSPS) is 10.7. The van der Waals surface area contributed by atoms with E-state index in [9.17, 15) is 9.18 Å². The number of carbonyl (C=O) groups is 1. The average molecular weight is 269 g/mol. The maximum atomic E-state index is 13.0. The lowest BCUT2D eigenvalue weighted by Crippen LogP contribution is -2.31. The van der Waals surface area contributed by atoms with E-state index in [-0.39, 0.29) is 12.5 Å². The third-order valence-corrected chi connectivity index (χ3v) is 2.59. The summed E-state index contributed by atoms with van der Waals surface area (Å²) in [6.07, 6.45) is 0.850. The first-order valence-electron chi connectivity index (χ1n) is 6.05. The summed E-state index contributed by atoms with van der Waals surface area (Å²) in [4.78, 5) is 13.6. The zero-order chi connectivity index (χ0) is 14.3. The Bertz CT molecular complexity index is 426. The Morgan fingerprint density at radius 3 is 2.95 bits per heavy atom. The SMILES string of the molecule is COCCCN(C)CC(=O)Nc1cc(F)ccc1N. The zero-order valence-electron chi connectivity index (χ0n) is 11.3. The summed E-state index contributed by atoms with van der Waals surface area (Å²) < 4.78 is 18.0. The van der Waals surface area contributed by atoms with Crippen LogP contribution in [-0.2, 0) is 9.53 Å². The Kier molecular flexibility index (Phi) is 6.24. The van der Waals surface area contributed by atoms with Gasteiger partial charge in [-0.2, -0.15) is 0 Å². The summed E-state index contributed by atoms with van der Waals surface area (Å²) in [6, 6.07) is 3.88. The van der Waals surface area contributed by atoms with Crippen LogP contribution in [0.15, 0.2) is 18.2 Å². The van der Waals surface area contributed by atoms with Gasteiger partial charge in [-0.1, -0.05) is 0 Å². The number of hydrogen-bond donors (Lipinski definition) is 2. The topological polar surface area (TPSA) is 67.6 Å². The molecule has 1 rings (SSSR count). The van der Waals surface area contributed by atoms with Crippen LogP contribution in [0.1, 0.15) is 6.42 Å². The minimum absolute atomic E-state index is 0.222. The molecule has 106 valence electrons. The van der Waals surface area contributed by atoms with Crippen LogP contribution in [0.5, 0.6) is 0 Å². The molecule has 1 aromatic rings. The van der Waals surface area contributed by atoms with Gasteiger partial charge in [0.05, 0.1) is 17.9 Å². The number of nitrogens with zero attached hydrogens (tertiary/aromatic N) is 1. The Morgan fingerprint density at radius 2 is 2.26 bits per heavy atom. The number of benzene rings is 1. The molecule has 0 aliphatic carbocycles. The second-order valence-electron chi connectivity index (χ2n) is 4.36. The molecule has 0 aliphatic rings. The molecule has 3 N–H and O–H groups in total. The molecule has 0 heterocycles. The number of nitrogens with one attached hydrogen (secondary N) is 1. The van der Waals surface area contributed by atoms with E-state index in [0.717, 1.165) is 13.0 Å². The van der Waals surface area contributed by atoms with Gasteiger partial charge in [0, 0.05) is 20.3 Å². The van der Waals surface area contributed by atoms with Gasteiger partial charge in [0.25, 0.3) is 0 Å². The molecule has 0 bridgehead atoms. The first-order valence-corrected chi connectivity index (χ1v) is 6.05. The lowest BCUT2D eigenvalue weighted by molar-refractivity contribution is -0.117. The van der Waals surface area contributed by atoms with Gasteiger partial charge >= 0.3 is 0 Å². The van der Waals surface area contributed by atoms with E-state index in [1.165, 1.54) is 18.2 Å². The van der Waals surface area contributed by atoms with Crippen LogP contribution in [0.2, 0.25) is 0 Å². The molecule has 0 aliphatic heterocycles. The Hall–Kier alpha value is -1.66. The molecular weight excluding hydrogens is 249 g/mol. The van der Waals surface area contributed by atoms with Gasteiger partial charge in [-0.25, -0.2) is 4.39 Å². The van der Waals surface area contributed by atoms with Crippen molar-refractivity contribution in [3.8, 4) is 0 Å². The van der Waals surface area contributed by atoms with Gasteiger partial charge in [0.15, 0.2) is 0 Å². The summed E-state index contributed by atoms with van der Waals surface area (Å²) in [7, 11) is 3.48. The van der Waals surface area contributed by atoms with E-state index in [0.29, 0.717) is 18.0 Å². The molecule has 19 heavy (non-hydrogen) atoms. The molecule has 6 heteroatoms. The first-order chi connectivity index (χ1) is 9.02. The van der Waals surface area contributed by atoms with Crippen LogP contribution in [-0.4, -0.2) is 44.7 Å². The fraction of sp³-hybridized carbons (Fsp3) is 0.462. The van der Waals surface area contributed by atoms with Crippen molar-refractivity contribution in [2.45, 2.75) is 6.42 Å². The lowest BCUT2D eigenvalue weighted by atomic mass is 10.2. The number of likely N-dealkylation sites (N-methyl/N-ethyl adjacent to an activating group) is 1. The smallest absolute Gasteiger partial charge is 0.238 e. The van der Waals surface area contributed by atoms with Gasteiger partial charge in [-0.15, -0.1) is 0 Å². The van der Waals surface area contributed by atoms with E-state index < -0.39 is 5.82 Å². The maximum Gasteiger partial charge on any atom is 0.238 e. The molecule has 1 aromatic carbocycles. The highest BCUT2D eigenvalue weighted by Gasteiger charge is 2.09. The summed E-state index contributed by atoms with van der Waals surface area (Å²) in [5, 5.41) is 2.60. The number of amides is 1. The molecule has 0 saturated carbocycles. The third-order valence-electron chi connectivity index (χ3n) is 2.59. The molecular formula is C13H20FN3O2. The molecule has 1 amide bonds. The van der Waals surface area contributed by atoms with Crippen molar-refractivity contribution >= 4 is 17.3 Å². The molecule has 0 saturated heterocycles. The van der Waals surface area contributed by atoms with E-state index in [1.54, 1.807) is 7.11 Å². The molecule has 0 fully saturated rings. The largest absolute Gasteiger partial charge is 0.397 e. The number of carbonyl (C=O) groups excluding carboxylic acids is 1. The third kappa shape index (κ3) is 5.67. The summed E-state index contributed by atoms with van der Waals surface area (Å²) in [6.45, 7) is 1.63. The van der Waals surface area contributed by atoms with Crippen molar-refractivity contribution in [2.75, 3.05) is 44.9 Å². The predicted molar refractivity (Wildman–Crippen MR) is 73.4 cm³/mol. The number of nitrogen functional groups attached to an aromatic ring is 1. The number of halogens is 1. The lowest BCUT2D eigenvalue weighted by Gasteiger charge is -2.16. The Morgan fingerprint density at radius 1 is 1.53 bits per heavy atom. The Labute approximate surface area is 112 Å². The van der Waals surface area contributed by atoms with Crippen LogP contribution in [0, 0.1) is 5.82 Å². The summed E-state index contributed by atoms with van der Waals surface area (Å²) >= 11 is 0. The molecule has 0 aromatic heterocycles. The maximum absolute atomic E-state index is 13.0. The van der Waals surface area contributed by atoms with Crippen molar-refractivity contribution in [3.05, 3.63) is 24.0 Å². The predicted octanol–water partition coefficient (Wildman–Crippen LogP) is 1.31. The average Bonchev–Trinajstić information content (AvgIpc) is 2.34. The number of rotatable bonds is 7. The van der Waals surface area contributed by atoms with Gasteiger partial charge in [-0.05, 0) is 31.7 Å². The number of anilines is 2. The minimum atomic E-state index is -0.432. The first kappa shape index (κ1) is 15.4. The number of ether oxygens (including phenoxy) is 1. The number of hydrogen-bond acceptors (Lipinski definition) is 4. The van der Waals surface area contributed by atoms with E-state index in [2.05, 4.69) is 5.32 Å². The van der Waals surface area contributed by atoms with Gasteiger partial charge in [0.2, 0.25) is 5.91 Å². The van der Waals surface area contributed by atoms with Crippen molar-refractivity contribution in [2.24, 2.45) is 0 Å². The zero-order valence-corrected chi connectivity index (χ0v) is 11.3. The van der Waals surface area contributed by atoms with Crippen LogP contribution in [0.3, 0.4) is 0 Å². The fourth-order valence-electron chi connectivity index (χ4n) is 1.63. The van der Waals surface area contributed by atoms with E-state index >= 15 is 0 Å². The van der Waals surface area contributed by atoms with Crippen LogP contribution in [0.4, 0.5) is 15.8 Å². The second kappa shape index (κ2) is 7.70. The van der Waals surface area contributed by atoms with Crippen molar-refractivity contribution < 1.29 is 13.9 Å². The van der Waals surface area contributed by atoms with E-state index in [4.69, 9.17) is 10.5 Å². The molecule has 0 unspecified atom stereocenters. The molecule has 5 nitrogen and oxygen atoms in total. The molecule has 0 radical (unpaired) electrons. The van der Waals surface area contributed by atoms with Crippen molar-refractivity contribution in [1.29, 1.82) is 0 Å².